The fourth-order valence-corrected chi connectivity index (χ4v) is 4.56. The van der Waals surface area contributed by atoms with Crippen LogP contribution in [0.5, 0.6) is 0 Å². The van der Waals surface area contributed by atoms with Crippen LogP contribution in [-0.2, 0) is 19.4 Å². The number of amides is 1. The van der Waals surface area contributed by atoms with Crippen molar-refractivity contribution < 1.29 is 31.6 Å². The van der Waals surface area contributed by atoms with Gasteiger partial charge in [0.25, 0.3) is 5.91 Å². The van der Waals surface area contributed by atoms with E-state index in [1.165, 1.54) is 25.1 Å². The molecule has 2 atom stereocenters. The molecule has 1 aliphatic rings. The lowest BCUT2D eigenvalue weighted by atomic mass is 10.1. The van der Waals surface area contributed by atoms with Crippen LogP contribution in [0.4, 0.5) is 4.39 Å². The highest BCUT2D eigenvalue weighted by Gasteiger charge is 2.31. The molecule has 1 aromatic carbocycles. The highest BCUT2D eigenvalue weighted by atomic mass is 32.2. The molecular formula is C17H18FNO6S. The van der Waals surface area contributed by atoms with Gasteiger partial charge >= 0.3 is 5.97 Å². The summed E-state index contributed by atoms with van der Waals surface area (Å²) in [6.45, 7) is 2.98. The summed E-state index contributed by atoms with van der Waals surface area (Å²) in [7, 11) is -3.12. The van der Waals surface area contributed by atoms with Gasteiger partial charge in [-0.25, -0.2) is 17.6 Å². The van der Waals surface area contributed by atoms with Crippen molar-refractivity contribution in [1.29, 1.82) is 0 Å². The Hall–Kier alpha value is -2.42. The summed E-state index contributed by atoms with van der Waals surface area (Å²) in [6, 6.07) is 3.39. The molecule has 0 radical (unpaired) electrons. The fourth-order valence-electron chi connectivity index (χ4n) is 2.88. The Morgan fingerprint density at radius 2 is 2.12 bits per heavy atom. The summed E-state index contributed by atoms with van der Waals surface area (Å²) >= 11 is 0. The Kier molecular flexibility index (Phi) is 4.74. The highest BCUT2D eigenvalue weighted by molar-refractivity contribution is 7.91. The van der Waals surface area contributed by atoms with Crippen molar-refractivity contribution in [3.05, 3.63) is 35.3 Å². The van der Waals surface area contributed by atoms with Crippen LogP contribution in [0.2, 0.25) is 0 Å². The summed E-state index contributed by atoms with van der Waals surface area (Å²) < 4.78 is 46.7. The topological polar surface area (TPSA) is 103 Å². The lowest BCUT2D eigenvalue weighted by Gasteiger charge is -2.16. The van der Waals surface area contributed by atoms with Crippen molar-refractivity contribution >= 4 is 32.7 Å². The molecular weight excluding hydrogens is 365 g/mol. The van der Waals surface area contributed by atoms with Gasteiger partial charge in [-0.2, -0.15) is 0 Å². The molecule has 1 amide bonds. The zero-order valence-corrected chi connectivity index (χ0v) is 15.1. The minimum Gasteiger partial charge on any atom is -0.449 e. The number of hydrogen-bond acceptors (Lipinski definition) is 6. The van der Waals surface area contributed by atoms with E-state index in [1.54, 1.807) is 6.92 Å². The molecule has 1 N–H and O–H groups in total. The average molecular weight is 383 g/mol. The standard InChI is InChI=1S/C17H18FNO6S/c1-9-13-7-11(18)3-4-14(13)25-15(9)17(21)24-10(2)16(20)19-12-5-6-26(22,23)8-12/h3-4,7,10,12H,5-6,8H2,1-2H3,(H,19,20)/t10-,12-/m0/s1. The number of sulfone groups is 1. The first-order valence-electron chi connectivity index (χ1n) is 8.07. The van der Waals surface area contributed by atoms with Gasteiger partial charge in [-0.05, 0) is 38.5 Å². The second-order valence-corrected chi connectivity index (χ2v) is 8.58. The third-order valence-electron chi connectivity index (χ3n) is 4.32. The summed E-state index contributed by atoms with van der Waals surface area (Å²) in [4.78, 5) is 24.4. The summed E-state index contributed by atoms with van der Waals surface area (Å²) in [5.41, 5.74) is 0.753. The van der Waals surface area contributed by atoms with Crippen LogP contribution in [0.15, 0.2) is 22.6 Å². The SMILES string of the molecule is Cc1c(C(=O)O[C@@H](C)C(=O)N[C@H]2CCS(=O)(=O)C2)oc2ccc(F)cc12. The number of hydrogen-bond donors (Lipinski definition) is 1. The number of carbonyl (C=O) groups excluding carboxylic acids is 2. The molecule has 140 valence electrons. The summed E-state index contributed by atoms with van der Waals surface area (Å²) in [6.07, 6.45) is -0.793. The van der Waals surface area contributed by atoms with Crippen LogP contribution in [0, 0.1) is 12.7 Å². The molecule has 3 rings (SSSR count). The second kappa shape index (κ2) is 6.71. The van der Waals surface area contributed by atoms with E-state index in [0.29, 0.717) is 23.0 Å². The minimum absolute atomic E-state index is 0.0286. The third-order valence-corrected chi connectivity index (χ3v) is 6.08. The van der Waals surface area contributed by atoms with Gasteiger partial charge in [0.05, 0.1) is 11.5 Å². The molecule has 0 bridgehead atoms. The van der Waals surface area contributed by atoms with Crippen molar-refractivity contribution in [2.24, 2.45) is 0 Å². The molecule has 1 fully saturated rings. The van der Waals surface area contributed by atoms with Gasteiger partial charge in [0.15, 0.2) is 15.9 Å². The number of carbonyl (C=O) groups is 2. The van der Waals surface area contributed by atoms with Crippen LogP contribution < -0.4 is 5.32 Å². The molecule has 26 heavy (non-hydrogen) atoms. The van der Waals surface area contributed by atoms with Crippen LogP contribution in [0.3, 0.4) is 0 Å². The number of furan rings is 1. The van der Waals surface area contributed by atoms with E-state index in [0.717, 1.165) is 0 Å². The molecule has 0 aliphatic carbocycles. The lowest BCUT2D eigenvalue weighted by molar-refractivity contribution is -0.129. The second-order valence-electron chi connectivity index (χ2n) is 6.35. The Labute approximate surface area is 149 Å². The largest absolute Gasteiger partial charge is 0.449 e. The number of nitrogens with one attached hydrogen (secondary N) is 1. The van der Waals surface area contributed by atoms with E-state index >= 15 is 0 Å². The zero-order chi connectivity index (χ0) is 19.1. The van der Waals surface area contributed by atoms with Gasteiger partial charge in [-0.1, -0.05) is 0 Å². The van der Waals surface area contributed by atoms with Crippen molar-refractivity contribution in [3.8, 4) is 0 Å². The van der Waals surface area contributed by atoms with Crippen molar-refractivity contribution in [2.45, 2.75) is 32.4 Å². The number of fused-ring (bicyclic) bond motifs is 1. The monoisotopic (exact) mass is 383 g/mol. The predicted octanol–water partition coefficient (Wildman–Crippen LogP) is 1.73. The Bertz CT molecular complexity index is 981. The highest BCUT2D eigenvalue weighted by Crippen LogP contribution is 2.26. The Morgan fingerprint density at radius 3 is 2.77 bits per heavy atom. The smallest absolute Gasteiger partial charge is 0.375 e. The van der Waals surface area contributed by atoms with E-state index in [-0.39, 0.29) is 17.3 Å². The molecule has 1 aromatic heterocycles. The maximum atomic E-state index is 13.3. The summed E-state index contributed by atoms with van der Waals surface area (Å²) in [5, 5.41) is 3.01. The van der Waals surface area contributed by atoms with Gasteiger partial charge in [-0.3, -0.25) is 4.79 Å². The van der Waals surface area contributed by atoms with Crippen LogP contribution >= 0.6 is 0 Å². The first kappa shape index (κ1) is 18.4. The summed E-state index contributed by atoms with van der Waals surface area (Å²) in [5.74, 6) is -2.08. The minimum atomic E-state index is -3.12. The van der Waals surface area contributed by atoms with Crippen LogP contribution in [0.25, 0.3) is 11.0 Å². The van der Waals surface area contributed by atoms with Crippen molar-refractivity contribution in [3.63, 3.8) is 0 Å². The molecule has 2 aromatic rings. The van der Waals surface area contributed by atoms with Gasteiger partial charge in [0.1, 0.15) is 11.4 Å². The quantitative estimate of drug-likeness (QED) is 0.807. The van der Waals surface area contributed by atoms with Crippen molar-refractivity contribution in [1.82, 2.24) is 5.32 Å². The number of esters is 1. The molecule has 0 spiro atoms. The van der Waals surface area contributed by atoms with Gasteiger partial charge < -0.3 is 14.5 Å². The number of rotatable bonds is 4. The first-order chi connectivity index (χ1) is 12.2. The van der Waals surface area contributed by atoms with E-state index in [2.05, 4.69) is 5.32 Å². The number of ether oxygens (including phenoxy) is 1. The van der Waals surface area contributed by atoms with Crippen LogP contribution in [0.1, 0.15) is 29.5 Å². The zero-order valence-electron chi connectivity index (χ0n) is 14.2. The van der Waals surface area contributed by atoms with Crippen molar-refractivity contribution in [2.75, 3.05) is 11.5 Å². The van der Waals surface area contributed by atoms with E-state index < -0.39 is 39.7 Å². The molecule has 2 heterocycles. The maximum Gasteiger partial charge on any atom is 0.375 e. The molecule has 9 heteroatoms. The van der Waals surface area contributed by atoms with E-state index in [9.17, 15) is 22.4 Å². The van der Waals surface area contributed by atoms with Gasteiger partial charge in [-0.15, -0.1) is 0 Å². The molecule has 1 aliphatic heterocycles. The van der Waals surface area contributed by atoms with Gasteiger partial charge in [0.2, 0.25) is 5.76 Å². The molecule has 0 saturated carbocycles. The number of benzene rings is 1. The molecule has 1 saturated heterocycles. The lowest BCUT2D eigenvalue weighted by Crippen LogP contribution is -2.42. The van der Waals surface area contributed by atoms with E-state index in [1.807, 2.05) is 0 Å². The average Bonchev–Trinajstić information content (AvgIpc) is 3.07. The molecule has 0 unspecified atom stereocenters. The van der Waals surface area contributed by atoms with Gasteiger partial charge in [0, 0.05) is 17.0 Å². The maximum absolute atomic E-state index is 13.3. The molecule has 7 nitrogen and oxygen atoms in total. The van der Waals surface area contributed by atoms with E-state index in [4.69, 9.17) is 9.15 Å². The number of aryl methyl sites for hydroxylation is 1. The first-order valence-corrected chi connectivity index (χ1v) is 9.89. The Balaban J connectivity index is 1.67. The third kappa shape index (κ3) is 3.72. The Morgan fingerprint density at radius 1 is 1.38 bits per heavy atom. The predicted molar refractivity (Wildman–Crippen MR) is 91.0 cm³/mol. The fraction of sp³-hybridized carbons (Fsp3) is 0.412. The normalized spacial score (nSPS) is 20.0. The van der Waals surface area contributed by atoms with Crippen LogP contribution in [-0.4, -0.2) is 43.9 Å². The number of halogens is 1.